The molecule has 3 aromatic carbocycles. The molecule has 0 fully saturated rings. The van der Waals surface area contributed by atoms with E-state index in [2.05, 4.69) is 75.4 Å². The standard InChI is InChI=1S/C22H20O/c1-14(2)16-8-10-17(11-9-16)20-13-23-22-19-7-5-4-6-18(19)12-15(3)21(20)22/h4-14H,1-3H3. The molecule has 0 atom stereocenters. The fourth-order valence-electron chi connectivity index (χ4n) is 3.34. The Balaban J connectivity index is 1.96. The van der Waals surface area contributed by atoms with Crippen LogP contribution in [0.4, 0.5) is 0 Å². The Morgan fingerprint density at radius 1 is 0.913 bits per heavy atom. The summed E-state index contributed by atoms with van der Waals surface area (Å²) in [5.41, 5.74) is 6.01. The molecule has 0 amide bonds. The number of benzene rings is 3. The van der Waals surface area contributed by atoms with E-state index in [1.807, 2.05) is 6.26 Å². The van der Waals surface area contributed by atoms with Crippen LogP contribution >= 0.6 is 0 Å². The van der Waals surface area contributed by atoms with Crippen molar-refractivity contribution in [2.24, 2.45) is 0 Å². The third-order valence-electron chi connectivity index (χ3n) is 4.65. The second-order valence-corrected chi connectivity index (χ2v) is 6.54. The molecular formula is C22H20O. The van der Waals surface area contributed by atoms with Crippen LogP contribution in [-0.2, 0) is 0 Å². The number of aryl methyl sites for hydroxylation is 1. The predicted molar refractivity (Wildman–Crippen MR) is 98.0 cm³/mol. The molecule has 4 rings (SSSR count). The largest absolute Gasteiger partial charge is 0.463 e. The quantitative estimate of drug-likeness (QED) is 0.402. The molecule has 1 heteroatoms. The van der Waals surface area contributed by atoms with Gasteiger partial charge in [0, 0.05) is 16.3 Å². The van der Waals surface area contributed by atoms with Crippen LogP contribution in [-0.4, -0.2) is 0 Å². The molecule has 0 saturated carbocycles. The van der Waals surface area contributed by atoms with Crippen molar-refractivity contribution >= 4 is 21.7 Å². The number of hydrogen-bond acceptors (Lipinski definition) is 1. The van der Waals surface area contributed by atoms with Crippen molar-refractivity contribution in [3.8, 4) is 11.1 Å². The summed E-state index contributed by atoms with van der Waals surface area (Å²) < 4.78 is 5.98. The van der Waals surface area contributed by atoms with Crippen molar-refractivity contribution in [1.29, 1.82) is 0 Å². The first-order valence-electron chi connectivity index (χ1n) is 8.15. The molecule has 23 heavy (non-hydrogen) atoms. The van der Waals surface area contributed by atoms with Gasteiger partial charge in [0.25, 0.3) is 0 Å². The van der Waals surface area contributed by atoms with Crippen molar-refractivity contribution in [3.63, 3.8) is 0 Å². The van der Waals surface area contributed by atoms with Gasteiger partial charge in [-0.1, -0.05) is 68.4 Å². The lowest BCUT2D eigenvalue weighted by Crippen LogP contribution is -1.87. The highest BCUT2D eigenvalue weighted by atomic mass is 16.3. The van der Waals surface area contributed by atoms with Gasteiger partial charge in [-0.15, -0.1) is 0 Å². The first-order valence-corrected chi connectivity index (χ1v) is 8.15. The maximum atomic E-state index is 5.98. The molecule has 1 heterocycles. The highest BCUT2D eigenvalue weighted by molar-refractivity contribution is 6.11. The maximum Gasteiger partial charge on any atom is 0.142 e. The monoisotopic (exact) mass is 300 g/mol. The zero-order valence-corrected chi connectivity index (χ0v) is 13.8. The summed E-state index contributed by atoms with van der Waals surface area (Å²) in [5, 5.41) is 3.63. The zero-order chi connectivity index (χ0) is 16.0. The first-order chi connectivity index (χ1) is 11.1. The van der Waals surface area contributed by atoms with Crippen LogP contribution in [0.5, 0.6) is 0 Å². The molecule has 0 bridgehead atoms. The summed E-state index contributed by atoms with van der Waals surface area (Å²) >= 11 is 0. The molecule has 0 saturated heterocycles. The Morgan fingerprint density at radius 3 is 2.39 bits per heavy atom. The SMILES string of the molecule is Cc1cc2ccccc2c2occ(-c3ccc(C(C)C)cc3)c12. The van der Waals surface area contributed by atoms with Crippen LogP contribution in [0.1, 0.15) is 30.9 Å². The van der Waals surface area contributed by atoms with Gasteiger partial charge in [-0.25, -0.2) is 0 Å². The average Bonchev–Trinajstić information content (AvgIpc) is 3.01. The number of fused-ring (bicyclic) bond motifs is 3. The van der Waals surface area contributed by atoms with E-state index >= 15 is 0 Å². The summed E-state index contributed by atoms with van der Waals surface area (Å²) in [4.78, 5) is 0. The highest BCUT2D eigenvalue weighted by Gasteiger charge is 2.14. The first kappa shape index (κ1) is 14.1. The average molecular weight is 300 g/mol. The molecular weight excluding hydrogens is 280 g/mol. The summed E-state index contributed by atoms with van der Waals surface area (Å²) in [6.07, 6.45) is 1.90. The smallest absolute Gasteiger partial charge is 0.142 e. The molecule has 1 aromatic heterocycles. The normalized spacial score (nSPS) is 11.7. The Bertz CT molecular complexity index is 988. The van der Waals surface area contributed by atoms with E-state index in [4.69, 9.17) is 4.42 Å². The number of hydrogen-bond donors (Lipinski definition) is 0. The van der Waals surface area contributed by atoms with Crippen molar-refractivity contribution in [3.05, 3.63) is 72.0 Å². The van der Waals surface area contributed by atoms with Crippen LogP contribution in [0.2, 0.25) is 0 Å². The topological polar surface area (TPSA) is 13.1 Å². The fraction of sp³-hybridized carbons (Fsp3) is 0.182. The Kier molecular flexibility index (Phi) is 3.23. The number of rotatable bonds is 2. The molecule has 0 aliphatic heterocycles. The van der Waals surface area contributed by atoms with Crippen LogP contribution in [0.15, 0.2) is 65.3 Å². The van der Waals surface area contributed by atoms with E-state index < -0.39 is 0 Å². The predicted octanol–water partition coefficient (Wildman–Crippen LogP) is 6.68. The van der Waals surface area contributed by atoms with Crippen molar-refractivity contribution in [2.45, 2.75) is 26.7 Å². The van der Waals surface area contributed by atoms with Crippen LogP contribution < -0.4 is 0 Å². The number of furan rings is 1. The molecule has 4 aromatic rings. The van der Waals surface area contributed by atoms with Gasteiger partial charge in [0.05, 0.1) is 6.26 Å². The molecule has 0 radical (unpaired) electrons. The van der Waals surface area contributed by atoms with Crippen LogP contribution in [0, 0.1) is 6.92 Å². The molecule has 0 aliphatic carbocycles. The van der Waals surface area contributed by atoms with E-state index in [1.165, 1.54) is 38.4 Å². The summed E-state index contributed by atoms with van der Waals surface area (Å²) in [6, 6.07) is 19.5. The van der Waals surface area contributed by atoms with Crippen LogP contribution in [0.3, 0.4) is 0 Å². The summed E-state index contributed by atoms with van der Waals surface area (Å²) in [7, 11) is 0. The Hall–Kier alpha value is -2.54. The maximum absolute atomic E-state index is 5.98. The van der Waals surface area contributed by atoms with E-state index in [1.54, 1.807) is 0 Å². The summed E-state index contributed by atoms with van der Waals surface area (Å²) in [6.45, 7) is 6.60. The molecule has 0 spiro atoms. The zero-order valence-electron chi connectivity index (χ0n) is 13.8. The van der Waals surface area contributed by atoms with Gasteiger partial charge in [-0.2, -0.15) is 0 Å². The van der Waals surface area contributed by atoms with Gasteiger partial charge in [0.1, 0.15) is 5.58 Å². The van der Waals surface area contributed by atoms with Crippen molar-refractivity contribution < 1.29 is 4.42 Å². The molecule has 0 N–H and O–H groups in total. The lowest BCUT2D eigenvalue weighted by atomic mass is 9.95. The second-order valence-electron chi connectivity index (χ2n) is 6.54. The van der Waals surface area contributed by atoms with Gasteiger partial charge >= 0.3 is 0 Å². The minimum atomic E-state index is 0.552. The van der Waals surface area contributed by atoms with Gasteiger partial charge < -0.3 is 4.42 Å². The Labute approximate surface area is 136 Å². The highest BCUT2D eigenvalue weighted by Crippen LogP contribution is 2.37. The Morgan fingerprint density at radius 2 is 1.65 bits per heavy atom. The van der Waals surface area contributed by atoms with E-state index in [0.717, 1.165) is 5.58 Å². The molecule has 114 valence electrons. The minimum absolute atomic E-state index is 0.552. The second kappa shape index (κ2) is 5.27. The molecule has 1 nitrogen and oxygen atoms in total. The van der Waals surface area contributed by atoms with Gasteiger partial charge in [-0.05, 0) is 34.9 Å². The van der Waals surface area contributed by atoms with Crippen molar-refractivity contribution in [2.75, 3.05) is 0 Å². The minimum Gasteiger partial charge on any atom is -0.463 e. The lowest BCUT2D eigenvalue weighted by Gasteiger charge is -2.07. The van der Waals surface area contributed by atoms with Gasteiger partial charge in [0.2, 0.25) is 0 Å². The third kappa shape index (κ3) is 2.24. The van der Waals surface area contributed by atoms with E-state index in [9.17, 15) is 0 Å². The fourth-order valence-corrected chi connectivity index (χ4v) is 3.34. The summed E-state index contributed by atoms with van der Waals surface area (Å²) in [5.74, 6) is 0.552. The van der Waals surface area contributed by atoms with Crippen molar-refractivity contribution in [1.82, 2.24) is 0 Å². The lowest BCUT2D eigenvalue weighted by molar-refractivity contribution is 0.620. The van der Waals surface area contributed by atoms with E-state index in [-0.39, 0.29) is 0 Å². The van der Waals surface area contributed by atoms with E-state index in [0.29, 0.717) is 5.92 Å². The van der Waals surface area contributed by atoms with Crippen LogP contribution in [0.25, 0.3) is 32.9 Å². The molecule has 0 unspecified atom stereocenters. The van der Waals surface area contributed by atoms with Gasteiger partial charge in [-0.3, -0.25) is 0 Å². The van der Waals surface area contributed by atoms with Gasteiger partial charge in [0.15, 0.2) is 0 Å². The molecule has 0 aliphatic rings. The third-order valence-corrected chi connectivity index (χ3v) is 4.65.